The van der Waals surface area contributed by atoms with Crippen LogP contribution in [0.1, 0.15) is 6.92 Å². The van der Waals surface area contributed by atoms with Crippen molar-refractivity contribution in [3.8, 4) is 6.07 Å². The van der Waals surface area contributed by atoms with Crippen LogP contribution in [0.3, 0.4) is 0 Å². The van der Waals surface area contributed by atoms with Crippen molar-refractivity contribution in [2.75, 3.05) is 13.1 Å². The first kappa shape index (κ1) is 9.43. The first-order valence-corrected chi connectivity index (χ1v) is 3.15. The number of Topliss-reactive ketones (excluding diaryl/α,β-unsaturated/α-hetero) is 1. The Balaban J connectivity index is 3.48. The highest BCUT2D eigenvalue weighted by Gasteiger charge is 2.01. The highest BCUT2D eigenvalue weighted by molar-refractivity contribution is 5.96. The zero-order valence-corrected chi connectivity index (χ0v) is 6.18. The number of nitrogens with zero attached hydrogens (tertiary/aromatic N) is 1. The topological polar surface area (TPSA) is 82.0 Å². The lowest BCUT2D eigenvalue weighted by Crippen LogP contribution is -2.37. The summed E-state index contributed by atoms with van der Waals surface area (Å²) in [5.41, 5.74) is 0. The quantitative estimate of drug-likeness (QED) is 0.534. The fourth-order valence-corrected chi connectivity index (χ4v) is 0.423. The Morgan fingerprint density at radius 1 is 1.45 bits per heavy atom. The van der Waals surface area contributed by atoms with Crippen molar-refractivity contribution < 1.29 is 9.59 Å². The molecule has 0 saturated carbocycles. The summed E-state index contributed by atoms with van der Waals surface area (Å²) in [7, 11) is 0. The monoisotopic (exact) mass is 155 g/mol. The van der Waals surface area contributed by atoms with Gasteiger partial charge in [-0.25, -0.2) is 4.79 Å². The molecule has 0 atom stereocenters. The van der Waals surface area contributed by atoms with E-state index in [9.17, 15) is 9.59 Å². The number of carbonyl (C=O) groups excluding carboxylic acids is 2. The van der Waals surface area contributed by atoms with Crippen LogP contribution in [0, 0.1) is 11.3 Å². The largest absolute Gasteiger partial charge is 0.338 e. The number of nitrogens with one attached hydrogen (secondary N) is 2. The minimum atomic E-state index is -0.656. The molecule has 0 aliphatic heterocycles. The second-order valence-corrected chi connectivity index (χ2v) is 1.75. The summed E-state index contributed by atoms with van der Waals surface area (Å²) < 4.78 is 0. The van der Waals surface area contributed by atoms with Crippen molar-refractivity contribution in [3.05, 3.63) is 0 Å². The summed E-state index contributed by atoms with van der Waals surface area (Å²) in [4.78, 5) is 20.9. The number of amides is 2. The molecule has 11 heavy (non-hydrogen) atoms. The zero-order chi connectivity index (χ0) is 8.69. The summed E-state index contributed by atoms with van der Waals surface area (Å²) in [6.45, 7) is 2.01. The first-order valence-electron chi connectivity index (χ1n) is 3.15. The van der Waals surface area contributed by atoms with Crippen molar-refractivity contribution in [3.63, 3.8) is 0 Å². The van der Waals surface area contributed by atoms with E-state index in [1.165, 1.54) is 6.07 Å². The van der Waals surface area contributed by atoms with Crippen LogP contribution in [0.25, 0.3) is 0 Å². The van der Waals surface area contributed by atoms with E-state index in [2.05, 4.69) is 10.6 Å². The van der Waals surface area contributed by atoms with E-state index in [1.54, 1.807) is 6.92 Å². The molecular weight excluding hydrogens is 146 g/mol. The zero-order valence-electron chi connectivity index (χ0n) is 6.18. The number of ketones is 1. The Morgan fingerprint density at radius 3 is 2.55 bits per heavy atom. The van der Waals surface area contributed by atoms with Gasteiger partial charge in [-0.3, -0.25) is 4.79 Å². The standard InChI is InChI=1S/C6H9N3O2/c1-2-8-6(11)9-4-5(10)3-7/h2,4H2,1H3,(H2,8,9,11). The number of rotatable bonds is 3. The lowest BCUT2D eigenvalue weighted by Gasteiger charge is -2.00. The average Bonchev–Trinajstić information content (AvgIpc) is 2.01. The maximum atomic E-state index is 10.6. The van der Waals surface area contributed by atoms with E-state index in [0.717, 1.165) is 0 Å². The van der Waals surface area contributed by atoms with E-state index < -0.39 is 11.8 Å². The van der Waals surface area contributed by atoms with Gasteiger partial charge in [0.1, 0.15) is 6.07 Å². The van der Waals surface area contributed by atoms with E-state index in [0.29, 0.717) is 6.54 Å². The van der Waals surface area contributed by atoms with Gasteiger partial charge in [0.05, 0.1) is 6.54 Å². The number of hydrogen-bond donors (Lipinski definition) is 2. The van der Waals surface area contributed by atoms with Gasteiger partial charge in [-0.1, -0.05) is 0 Å². The fraction of sp³-hybridized carbons (Fsp3) is 0.500. The molecule has 2 amide bonds. The van der Waals surface area contributed by atoms with Crippen LogP contribution in [-0.2, 0) is 4.79 Å². The molecule has 0 bridgehead atoms. The first-order chi connectivity index (χ1) is 5.20. The van der Waals surface area contributed by atoms with Gasteiger partial charge < -0.3 is 10.6 Å². The van der Waals surface area contributed by atoms with Crippen molar-refractivity contribution >= 4 is 11.8 Å². The molecule has 0 rings (SSSR count). The third kappa shape index (κ3) is 4.90. The van der Waals surface area contributed by atoms with Gasteiger partial charge in [0.15, 0.2) is 0 Å². The molecule has 0 unspecified atom stereocenters. The molecule has 0 aliphatic rings. The molecule has 0 aromatic rings. The minimum absolute atomic E-state index is 0.234. The molecule has 2 N–H and O–H groups in total. The lowest BCUT2D eigenvalue weighted by atomic mass is 10.4. The Bertz CT molecular complexity index is 194. The second kappa shape index (κ2) is 5.23. The van der Waals surface area contributed by atoms with Crippen LogP contribution in [0.15, 0.2) is 0 Å². The number of urea groups is 1. The van der Waals surface area contributed by atoms with Gasteiger partial charge in [-0.05, 0) is 6.92 Å². The van der Waals surface area contributed by atoms with Crippen LogP contribution in [-0.4, -0.2) is 24.9 Å². The molecule has 0 aliphatic carbocycles. The van der Waals surface area contributed by atoms with Gasteiger partial charge in [0.25, 0.3) is 5.78 Å². The van der Waals surface area contributed by atoms with Gasteiger partial charge >= 0.3 is 6.03 Å². The van der Waals surface area contributed by atoms with Gasteiger partial charge in [0, 0.05) is 6.54 Å². The predicted molar refractivity (Wildman–Crippen MR) is 37.7 cm³/mol. The van der Waals surface area contributed by atoms with Crippen LogP contribution in [0.4, 0.5) is 4.79 Å². The molecule has 60 valence electrons. The number of hydrogen-bond acceptors (Lipinski definition) is 3. The predicted octanol–water partition coefficient (Wildman–Crippen LogP) is -0.602. The molecule has 0 aromatic heterocycles. The summed E-state index contributed by atoms with van der Waals surface area (Å²) in [6.07, 6.45) is 0. The summed E-state index contributed by atoms with van der Waals surface area (Å²) in [6, 6.07) is 0.947. The molecule has 0 radical (unpaired) electrons. The Morgan fingerprint density at radius 2 is 2.09 bits per heavy atom. The van der Waals surface area contributed by atoms with Gasteiger partial charge in [-0.2, -0.15) is 5.26 Å². The average molecular weight is 155 g/mol. The van der Waals surface area contributed by atoms with E-state index >= 15 is 0 Å². The third-order valence-corrected chi connectivity index (χ3v) is 0.872. The maximum absolute atomic E-state index is 10.6. The van der Waals surface area contributed by atoms with E-state index in [1.807, 2.05) is 0 Å². The molecule has 5 nitrogen and oxygen atoms in total. The van der Waals surface area contributed by atoms with Crippen molar-refractivity contribution in [2.24, 2.45) is 0 Å². The minimum Gasteiger partial charge on any atom is -0.338 e. The molecule has 0 aromatic carbocycles. The summed E-state index contributed by atoms with van der Waals surface area (Å²) in [5.74, 6) is -0.656. The molecule has 0 heterocycles. The molecule has 5 heteroatoms. The van der Waals surface area contributed by atoms with Crippen molar-refractivity contribution in [1.29, 1.82) is 5.26 Å². The second-order valence-electron chi connectivity index (χ2n) is 1.75. The maximum Gasteiger partial charge on any atom is 0.315 e. The van der Waals surface area contributed by atoms with Crippen molar-refractivity contribution in [1.82, 2.24) is 10.6 Å². The van der Waals surface area contributed by atoms with Gasteiger partial charge in [-0.15, -0.1) is 0 Å². The van der Waals surface area contributed by atoms with Crippen LogP contribution in [0.5, 0.6) is 0 Å². The molecule has 0 fully saturated rings. The van der Waals surface area contributed by atoms with Crippen LogP contribution < -0.4 is 10.6 Å². The van der Waals surface area contributed by atoms with Gasteiger partial charge in [0.2, 0.25) is 0 Å². The normalized spacial score (nSPS) is 8.00. The lowest BCUT2D eigenvalue weighted by molar-refractivity contribution is -0.113. The number of carbonyl (C=O) groups is 2. The van der Waals surface area contributed by atoms with Crippen LogP contribution in [0.2, 0.25) is 0 Å². The van der Waals surface area contributed by atoms with E-state index in [-0.39, 0.29) is 6.54 Å². The van der Waals surface area contributed by atoms with Crippen LogP contribution >= 0.6 is 0 Å². The fourth-order valence-electron chi connectivity index (χ4n) is 0.423. The summed E-state index contributed by atoms with van der Waals surface area (Å²) >= 11 is 0. The highest BCUT2D eigenvalue weighted by atomic mass is 16.2. The summed E-state index contributed by atoms with van der Waals surface area (Å²) in [5, 5.41) is 12.6. The SMILES string of the molecule is CCNC(=O)NCC(=O)C#N. The van der Waals surface area contributed by atoms with E-state index in [4.69, 9.17) is 5.26 Å². The highest BCUT2D eigenvalue weighted by Crippen LogP contribution is 1.66. The third-order valence-electron chi connectivity index (χ3n) is 0.872. The smallest absolute Gasteiger partial charge is 0.315 e. The molecular formula is C6H9N3O2. The molecule has 0 saturated heterocycles. The number of nitriles is 1. The Labute approximate surface area is 64.4 Å². The Kier molecular flexibility index (Phi) is 4.49. The Hall–Kier alpha value is -1.57. The molecule has 0 spiro atoms. The van der Waals surface area contributed by atoms with Crippen molar-refractivity contribution in [2.45, 2.75) is 6.92 Å².